The Morgan fingerprint density at radius 3 is 2.63 bits per heavy atom. The summed E-state index contributed by atoms with van der Waals surface area (Å²) in [5.74, 6) is 0. The molecule has 0 aromatic heterocycles. The third-order valence-corrected chi connectivity index (χ3v) is 5.41. The SMILES string of the molecule is CCN(C(C)COC)S(=O)(=O)c1cc(Br)ccc1N. The number of nitrogens with two attached hydrogens (primary N) is 1. The van der Waals surface area contributed by atoms with Gasteiger partial charge in [0, 0.05) is 24.2 Å². The molecule has 0 saturated carbocycles. The number of likely N-dealkylation sites (N-methyl/N-ethyl adjacent to an activating group) is 1. The first kappa shape index (κ1) is 16.4. The van der Waals surface area contributed by atoms with Gasteiger partial charge in [0.15, 0.2) is 0 Å². The van der Waals surface area contributed by atoms with E-state index in [0.717, 1.165) is 0 Å². The number of rotatable bonds is 6. The zero-order valence-corrected chi connectivity index (χ0v) is 13.7. The first-order valence-electron chi connectivity index (χ1n) is 5.90. The summed E-state index contributed by atoms with van der Waals surface area (Å²) in [4.78, 5) is 0.117. The van der Waals surface area contributed by atoms with E-state index in [-0.39, 0.29) is 16.6 Å². The van der Waals surface area contributed by atoms with Crippen LogP contribution in [0.4, 0.5) is 5.69 Å². The van der Waals surface area contributed by atoms with E-state index in [0.29, 0.717) is 17.6 Å². The average Bonchev–Trinajstić information content (AvgIpc) is 2.33. The predicted octanol–water partition coefficient (Wildman–Crippen LogP) is 2.08. The highest BCUT2D eigenvalue weighted by molar-refractivity contribution is 9.10. The van der Waals surface area contributed by atoms with Gasteiger partial charge in [-0.1, -0.05) is 22.9 Å². The van der Waals surface area contributed by atoms with Crippen LogP contribution in [-0.4, -0.2) is 39.0 Å². The molecule has 7 heteroatoms. The number of hydrogen-bond donors (Lipinski definition) is 1. The Balaban J connectivity index is 3.24. The van der Waals surface area contributed by atoms with Crippen molar-refractivity contribution in [3.63, 3.8) is 0 Å². The van der Waals surface area contributed by atoms with E-state index in [4.69, 9.17) is 10.5 Å². The zero-order chi connectivity index (χ0) is 14.6. The van der Waals surface area contributed by atoms with Gasteiger partial charge in [0.25, 0.3) is 0 Å². The smallest absolute Gasteiger partial charge is 0.245 e. The van der Waals surface area contributed by atoms with Crippen molar-refractivity contribution in [1.82, 2.24) is 4.31 Å². The largest absolute Gasteiger partial charge is 0.398 e. The van der Waals surface area contributed by atoms with E-state index in [2.05, 4.69) is 15.9 Å². The maximum absolute atomic E-state index is 12.6. The third-order valence-electron chi connectivity index (χ3n) is 2.77. The minimum absolute atomic E-state index is 0.117. The standard InChI is InChI=1S/C12H19BrN2O3S/c1-4-15(9(2)8-18-3)19(16,17)12-7-10(13)5-6-11(12)14/h5-7,9H,4,8,14H2,1-3H3. The second kappa shape index (κ2) is 6.69. The van der Waals surface area contributed by atoms with Crippen molar-refractivity contribution in [3.05, 3.63) is 22.7 Å². The Hall–Kier alpha value is -0.630. The lowest BCUT2D eigenvalue weighted by Gasteiger charge is -2.27. The van der Waals surface area contributed by atoms with E-state index in [1.807, 2.05) is 0 Å². The number of benzene rings is 1. The number of nitrogen functional groups attached to an aromatic ring is 1. The summed E-state index contributed by atoms with van der Waals surface area (Å²) in [6, 6.07) is 4.56. The number of ether oxygens (including phenoxy) is 1. The van der Waals surface area contributed by atoms with Gasteiger partial charge in [-0.15, -0.1) is 0 Å². The topological polar surface area (TPSA) is 72.6 Å². The fourth-order valence-electron chi connectivity index (χ4n) is 1.90. The molecule has 1 unspecified atom stereocenters. The van der Waals surface area contributed by atoms with Crippen LogP contribution in [-0.2, 0) is 14.8 Å². The van der Waals surface area contributed by atoms with E-state index in [1.54, 1.807) is 33.1 Å². The van der Waals surface area contributed by atoms with Crippen LogP contribution in [0.15, 0.2) is 27.6 Å². The Morgan fingerprint density at radius 2 is 2.11 bits per heavy atom. The van der Waals surface area contributed by atoms with Crippen molar-refractivity contribution in [3.8, 4) is 0 Å². The van der Waals surface area contributed by atoms with E-state index >= 15 is 0 Å². The van der Waals surface area contributed by atoms with Crippen LogP contribution in [0.2, 0.25) is 0 Å². The van der Waals surface area contributed by atoms with Crippen molar-refractivity contribution in [2.75, 3.05) is 26.0 Å². The minimum atomic E-state index is -3.63. The van der Waals surface area contributed by atoms with Gasteiger partial charge in [-0.05, 0) is 25.1 Å². The van der Waals surface area contributed by atoms with Crippen molar-refractivity contribution in [2.24, 2.45) is 0 Å². The van der Waals surface area contributed by atoms with Gasteiger partial charge in [0.1, 0.15) is 4.90 Å². The Morgan fingerprint density at radius 1 is 1.47 bits per heavy atom. The van der Waals surface area contributed by atoms with Gasteiger partial charge in [-0.3, -0.25) is 0 Å². The number of anilines is 1. The molecule has 108 valence electrons. The lowest BCUT2D eigenvalue weighted by atomic mass is 10.3. The summed E-state index contributed by atoms with van der Waals surface area (Å²) in [5, 5.41) is 0. The van der Waals surface area contributed by atoms with Crippen LogP contribution in [0.1, 0.15) is 13.8 Å². The molecule has 0 heterocycles. The zero-order valence-electron chi connectivity index (χ0n) is 11.3. The van der Waals surface area contributed by atoms with Crippen LogP contribution in [0, 0.1) is 0 Å². The highest BCUT2D eigenvalue weighted by Crippen LogP contribution is 2.27. The maximum atomic E-state index is 12.6. The average molecular weight is 351 g/mol. The number of hydrogen-bond acceptors (Lipinski definition) is 4. The number of sulfonamides is 1. The van der Waals surface area contributed by atoms with Gasteiger partial charge < -0.3 is 10.5 Å². The molecule has 1 atom stereocenters. The van der Waals surface area contributed by atoms with Crippen molar-refractivity contribution >= 4 is 31.6 Å². The highest BCUT2D eigenvalue weighted by atomic mass is 79.9. The van der Waals surface area contributed by atoms with Crippen LogP contribution in [0.3, 0.4) is 0 Å². The molecular formula is C12H19BrN2O3S. The summed E-state index contributed by atoms with van der Waals surface area (Å²) in [7, 11) is -2.08. The lowest BCUT2D eigenvalue weighted by Crippen LogP contribution is -2.41. The quantitative estimate of drug-likeness (QED) is 0.797. The Kier molecular flexibility index (Phi) is 5.79. The highest BCUT2D eigenvalue weighted by Gasteiger charge is 2.29. The fourth-order valence-corrected chi connectivity index (χ4v) is 4.18. The second-order valence-electron chi connectivity index (χ2n) is 4.19. The van der Waals surface area contributed by atoms with Crippen molar-refractivity contribution in [1.29, 1.82) is 0 Å². The molecule has 1 rings (SSSR count). The van der Waals surface area contributed by atoms with Gasteiger partial charge in [-0.25, -0.2) is 8.42 Å². The van der Waals surface area contributed by atoms with Gasteiger partial charge in [-0.2, -0.15) is 4.31 Å². The summed E-state index contributed by atoms with van der Waals surface area (Å²) in [5.41, 5.74) is 6.03. The molecule has 5 nitrogen and oxygen atoms in total. The molecule has 0 fully saturated rings. The van der Waals surface area contributed by atoms with Gasteiger partial charge in [0.05, 0.1) is 12.3 Å². The summed E-state index contributed by atoms with van der Waals surface area (Å²) >= 11 is 3.26. The van der Waals surface area contributed by atoms with Crippen molar-refractivity contribution < 1.29 is 13.2 Å². The fraction of sp³-hybridized carbons (Fsp3) is 0.500. The maximum Gasteiger partial charge on any atom is 0.245 e. The molecule has 2 N–H and O–H groups in total. The van der Waals surface area contributed by atoms with Crippen LogP contribution in [0.5, 0.6) is 0 Å². The van der Waals surface area contributed by atoms with Crippen molar-refractivity contribution in [2.45, 2.75) is 24.8 Å². The van der Waals surface area contributed by atoms with Gasteiger partial charge in [0.2, 0.25) is 10.0 Å². The van der Waals surface area contributed by atoms with Crippen LogP contribution >= 0.6 is 15.9 Å². The first-order valence-corrected chi connectivity index (χ1v) is 8.13. The predicted molar refractivity (Wildman–Crippen MR) is 79.5 cm³/mol. The van der Waals surface area contributed by atoms with Crippen LogP contribution in [0.25, 0.3) is 0 Å². The molecule has 0 aliphatic rings. The summed E-state index contributed by atoms with van der Waals surface area (Å²) in [6.07, 6.45) is 0. The second-order valence-corrected chi connectivity index (χ2v) is 6.97. The molecule has 1 aromatic rings. The van der Waals surface area contributed by atoms with Gasteiger partial charge >= 0.3 is 0 Å². The molecule has 0 radical (unpaired) electrons. The summed E-state index contributed by atoms with van der Waals surface area (Å²) < 4.78 is 32.3. The lowest BCUT2D eigenvalue weighted by molar-refractivity contribution is 0.142. The Labute approximate surface area is 122 Å². The number of nitrogens with zero attached hydrogens (tertiary/aromatic N) is 1. The van der Waals surface area contributed by atoms with E-state index < -0.39 is 10.0 Å². The summed E-state index contributed by atoms with van der Waals surface area (Å²) in [6.45, 7) is 4.29. The van der Waals surface area contributed by atoms with Crippen LogP contribution < -0.4 is 5.73 Å². The monoisotopic (exact) mass is 350 g/mol. The molecule has 0 spiro atoms. The normalized spacial score (nSPS) is 13.7. The molecule has 0 saturated heterocycles. The number of methoxy groups -OCH3 is 1. The number of halogens is 1. The molecular weight excluding hydrogens is 332 g/mol. The molecule has 0 amide bonds. The molecule has 0 bridgehead atoms. The molecule has 0 aliphatic heterocycles. The Bertz CT molecular complexity index is 534. The van der Waals surface area contributed by atoms with E-state index in [9.17, 15) is 8.42 Å². The molecule has 1 aromatic carbocycles. The minimum Gasteiger partial charge on any atom is -0.398 e. The first-order chi connectivity index (χ1) is 8.84. The molecule has 0 aliphatic carbocycles. The third kappa shape index (κ3) is 3.68. The van der Waals surface area contributed by atoms with E-state index in [1.165, 1.54) is 10.4 Å². The molecule has 19 heavy (non-hydrogen) atoms.